The van der Waals surface area contributed by atoms with Crippen molar-refractivity contribution in [2.45, 2.75) is 20.4 Å². The van der Waals surface area contributed by atoms with Crippen LogP contribution in [0.25, 0.3) is 0 Å². The van der Waals surface area contributed by atoms with Gasteiger partial charge in [-0.05, 0) is 31.5 Å². The second-order valence-electron chi connectivity index (χ2n) is 3.95. The average molecular weight is 233 g/mol. The maximum Gasteiger partial charge on any atom is 0.335 e. The minimum Gasteiger partial charge on any atom is -0.478 e. The van der Waals surface area contributed by atoms with Gasteiger partial charge in [0, 0.05) is 12.6 Å². The molecule has 0 aliphatic rings. The van der Waals surface area contributed by atoms with E-state index in [1.807, 2.05) is 13.8 Å². The quantitative estimate of drug-likeness (QED) is 0.781. The Hall–Kier alpha value is -2.10. The van der Waals surface area contributed by atoms with E-state index in [1.165, 1.54) is 12.1 Å². The molecule has 0 saturated heterocycles. The Bertz CT molecular complexity index is 459. The van der Waals surface area contributed by atoms with Crippen LogP contribution < -0.4 is 5.32 Å². The third-order valence-electron chi connectivity index (χ3n) is 2.06. The minimum absolute atomic E-state index is 0.175. The highest BCUT2D eigenvalue weighted by atomic mass is 16.4. The van der Waals surface area contributed by atoms with E-state index in [0.29, 0.717) is 6.54 Å². The standard InChI is InChI=1S/C13H15NO3/c1-9(2)6-12(15)14-8-10-4-3-5-11(7-10)13(16)17/h3-7H,8H2,1-2H3,(H,14,15)(H,16,17). The number of benzene rings is 1. The van der Waals surface area contributed by atoms with Crippen molar-refractivity contribution in [3.8, 4) is 0 Å². The molecule has 1 rings (SSSR count). The van der Waals surface area contributed by atoms with Gasteiger partial charge < -0.3 is 10.4 Å². The highest BCUT2D eigenvalue weighted by Crippen LogP contribution is 2.05. The van der Waals surface area contributed by atoms with Gasteiger partial charge in [-0.2, -0.15) is 0 Å². The normalized spacial score (nSPS) is 9.53. The maximum atomic E-state index is 11.3. The molecule has 0 bridgehead atoms. The van der Waals surface area contributed by atoms with Crippen molar-refractivity contribution in [1.82, 2.24) is 5.32 Å². The van der Waals surface area contributed by atoms with Crippen LogP contribution in [-0.4, -0.2) is 17.0 Å². The zero-order chi connectivity index (χ0) is 12.8. The zero-order valence-corrected chi connectivity index (χ0v) is 9.86. The topological polar surface area (TPSA) is 66.4 Å². The molecule has 0 fully saturated rings. The predicted octanol–water partition coefficient (Wildman–Crippen LogP) is 1.97. The van der Waals surface area contributed by atoms with Crippen molar-refractivity contribution in [1.29, 1.82) is 0 Å². The Morgan fingerprint density at radius 2 is 2.06 bits per heavy atom. The molecule has 2 N–H and O–H groups in total. The van der Waals surface area contributed by atoms with Gasteiger partial charge in [0.15, 0.2) is 0 Å². The predicted molar refractivity (Wildman–Crippen MR) is 64.7 cm³/mol. The summed E-state index contributed by atoms with van der Waals surface area (Å²) in [6.45, 7) is 4.00. The number of nitrogens with one attached hydrogen (secondary N) is 1. The molecule has 0 spiro atoms. The van der Waals surface area contributed by atoms with Crippen molar-refractivity contribution < 1.29 is 14.7 Å². The van der Waals surface area contributed by atoms with Crippen molar-refractivity contribution in [2.75, 3.05) is 0 Å². The summed E-state index contributed by atoms with van der Waals surface area (Å²) in [6, 6.07) is 6.50. The molecule has 0 unspecified atom stereocenters. The van der Waals surface area contributed by atoms with Gasteiger partial charge >= 0.3 is 5.97 Å². The number of carbonyl (C=O) groups excluding carboxylic acids is 1. The number of carbonyl (C=O) groups is 2. The van der Waals surface area contributed by atoms with Gasteiger partial charge in [-0.3, -0.25) is 4.79 Å². The first-order valence-corrected chi connectivity index (χ1v) is 5.24. The SMILES string of the molecule is CC(C)=CC(=O)NCc1cccc(C(=O)O)c1. The van der Waals surface area contributed by atoms with E-state index >= 15 is 0 Å². The molecule has 0 atom stereocenters. The van der Waals surface area contributed by atoms with E-state index in [9.17, 15) is 9.59 Å². The van der Waals surface area contributed by atoms with Crippen LogP contribution in [0.4, 0.5) is 0 Å². The number of hydrogen-bond acceptors (Lipinski definition) is 2. The number of amides is 1. The molecule has 0 radical (unpaired) electrons. The molecule has 0 aliphatic carbocycles. The number of aromatic carboxylic acids is 1. The molecule has 4 nitrogen and oxygen atoms in total. The molecular formula is C13H15NO3. The third kappa shape index (κ3) is 4.51. The smallest absolute Gasteiger partial charge is 0.335 e. The van der Waals surface area contributed by atoms with Gasteiger partial charge in [-0.15, -0.1) is 0 Å². The third-order valence-corrected chi connectivity index (χ3v) is 2.06. The first kappa shape index (κ1) is 13.0. The lowest BCUT2D eigenvalue weighted by atomic mass is 10.1. The van der Waals surface area contributed by atoms with Gasteiger partial charge in [0.2, 0.25) is 5.91 Å². The Balaban J connectivity index is 2.64. The van der Waals surface area contributed by atoms with E-state index in [1.54, 1.807) is 18.2 Å². The largest absolute Gasteiger partial charge is 0.478 e. The molecule has 4 heteroatoms. The van der Waals surface area contributed by atoms with Gasteiger partial charge in [0.1, 0.15) is 0 Å². The molecule has 1 amide bonds. The fourth-order valence-electron chi connectivity index (χ4n) is 1.32. The van der Waals surface area contributed by atoms with Crippen LogP contribution in [-0.2, 0) is 11.3 Å². The van der Waals surface area contributed by atoms with Crippen LogP contribution in [0.2, 0.25) is 0 Å². The summed E-state index contributed by atoms with van der Waals surface area (Å²) >= 11 is 0. The summed E-state index contributed by atoms with van der Waals surface area (Å²) in [5.74, 6) is -1.15. The van der Waals surface area contributed by atoms with Gasteiger partial charge in [0.25, 0.3) is 0 Å². The second-order valence-corrected chi connectivity index (χ2v) is 3.95. The number of carboxylic acids is 1. The molecule has 1 aromatic rings. The van der Waals surface area contributed by atoms with Crippen molar-refractivity contribution in [3.63, 3.8) is 0 Å². The molecular weight excluding hydrogens is 218 g/mol. The summed E-state index contributed by atoms with van der Waals surface area (Å²) in [7, 11) is 0. The number of carboxylic acid groups (broad SMARTS) is 1. The fraction of sp³-hybridized carbons (Fsp3) is 0.231. The van der Waals surface area contributed by atoms with E-state index in [-0.39, 0.29) is 11.5 Å². The van der Waals surface area contributed by atoms with E-state index < -0.39 is 5.97 Å². The van der Waals surface area contributed by atoms with Crippen molar-refractivity contribution >= 4 is 11.9 Å². The number of rotatable bonds is 4. The highest BCUT2D eigenvalue weighted by molar-refractivity contribution is 5.88. The lowest BCUT2D eigenvalue weighted by Gasteiger charge is -2.04. The van der Waals surface area contributed by atoms with Gasteiger partial charge in [0.05, 0.1) is 5.56 Å². The van der Waals surface area contributed by atoms with E-state index in [2.05, 4.69) is 5.32 Å². The van der Waals surface area contributed by atoms with Crippen LogP contribution >= 0.6 is 0 Å². The zero-order valence-electron chi connectivity index (χ0n) is 9.86. The van der Waals surface area contributed by atoms with Crippen LogP contribution in [0.1, 0.15) is 29.8 Å². The van der Waals surface area contributed by atoms with Crippen LogP contribution in [0.3, 0.4) is 0 Å². The monoisotopic (exact) mass is 233 g/mol. The summed E-state index contributed by atoms with van der Waals surface area (Å²) < 4.78 is 0. The molecule has 90 valence electrons. The van der Waals surface area contributed by atoms with Crippen molar-refractivity contribution in [2.24, 2.45) is 0 Å². The number of allylic oxidation sites excluding steroid dienone is 1. The van der Waals surface area contributed by atoms with Crippen LogP contribution in [0.15, 0.2) is 35.9 Å². The lowest BCUT2D eigenvalue weighted by molar-refractivity contribution is -0.116. The van der Waals surface area contributed by atoms with E-state index in [0.717, 1.165) is 11.1 Å². The first-order valence-electron chi connectivity index (χ1n) is 5.24. The van der Waals surface area contributed by atoms with Crippen LogP contribution in [0, 0.1) is 0 Å². The summed E-state index contributed by atoms with van der Waals surface area (Å²) in [5, 5.41) is 11.5. The number of hydrogen-bond donors (Lipinski definition) is 2. The first-order chi connectivity index (χ1) is 7.99. The molecule has 0 aromatic heterocycles. The molecule has 1 aromatic carbocycles. The fourth-order valence-corrected chi connectivity index (χ4v) is 1.32. The van der Waals surface area contributed by atoms with E-state index in [4.69, 9.17) is 5.11 Å². The average Bonchev–Trinajstić information content (AvgIpc) is 2.26. The van der Waals surface area contributed by atoms with Crippen molar-refractivity contribution in [3.05, 3.63) is 47.0 Å². The summed E-state index contributed by atoms with van der Waals surface area (Å²) in [6.07, 6.45) is 1.50. The molecule has 0 saturated carbocycles. The summed E-state index contributed by atoms with van der Waals surface area (Å²) in [4.78, 5) is 22.1. The Morgan fingerprint density at radius 3 is 2.65 bits per heavy atom. The Morgan fingerprint density at radius 1 is 1.35 bits per heavy atom. The maximum absolute atomic E-state index is 11.3. The van der Waals surface area contributed by atoms with Gasteiger partial charge in [-0.25, -0.2) is 4.79 Å². The van der Waals surface area contributed by atoms with Gasteiger partial charge in [-0.1, -0.05) is 17.7 Å². The Labute approximate surface area is 100.0 Å². The van der Waals surface area contributed by atoms with Crippen LogP contribution in [0.5, 0.6) is 0 Å². The highest BCUT2D eigenvalue weighted by Gasteiger charge is 2.03. The molecule has 0 aliphatic heterocycles. The minimum atomic E-state index is -0.970. The lowest BCUT2D eigenvalue weighted by Crippen LogP contribution is -2.20. The second kappa shape index (κ2) is 5.84. The molecule has 17 heavy (non-hydrogen) atoms. The Kier molecular flexibility index (Phi) is 4.46. The summed E-state index contributed by atoms with van der Waals surface area (Å²) in [5.41, 5.74) is 1.90. The molecule has 0 heterocycles.